The first-order valence-electron chi connectivity index (χ1n) is 3.70. The summed E-state index contributed by atoms with van der Waals surface area (Å²) < 4.78 is 5.00. The summed E-state index contributed by atoms with van der Waals surface area (Å²) in [5.74, 6) is -0.443. The average Bonchev–Trinajstić information content (AvgIpc) is 2.02. The van der Waals surface area contributed by atoms with Crippen LogP contribution in [0.4, 0.5) is 0 Å². The zero-order chi connectivity index (χ0) is 9.84. The van der Waals surface area contributed by atoms with E-state index in [-0.39, 0.29) is 25.5 Å². The van der Waals surface area contributed by atoms with Crippen LogP contribution >= 0.6 is 11.6 Å². The summed E-state index contributed by atoms with van der Waals surface area (Å²) in [5.41, 5.74) is 0.828. The van der Waals surface area contributed by atoms with Crippen molar-refractivity contribution in [2.75, 3.05) is 6.61 Å². The van der Waals surface area contributed by atoms with Crippen molar-refractivity contribution in [3.8, 4) is 5.75 Å². The maximum absolute atomic E-state index is 10.2. The Balaban J connectivity index is 0.00000169. The van der Waals surface area contributed by atoms with Gasteiger partial charge in [0.05, 0.1) is 0 Å². The Hall–Kier alpha value is -0.623. The molecule has 1 N–H and O–H groups in total. The van der Waals surface area contributed by atoms with E-state index < -0.39 is 5.97 Å². The van der Waals surface area contributed by atoms with Crippen molar-refractivity contribution in [1.29, 1.82) is 0 Å². The van der Waals surface area contributed by atoms with Crippen molar-refractivity contribution in [1.82, 2.24) is 0 Å². The number of ether oxygens (including phenoxy) is 1. The van der Waals surface area contributed by atoms with Crippen molar-refractivity contribution in [3.63, 3.8) is 0 Å². The van der Waals surface area contributed by atoms with Gasteiger partial charge in [-0.3, -0.25) is 0 Å². The molecule has 0 aliphatic carbocycles. The molecule has 0 atom stereocenters. The van der Waals surface area contributed by atoms with Crippen molar-refractivity contribution < 1.29 is 14.6 Å². The molecule has 1 aromatic rings. The SMILES string of the molecule is Cc1cc(Cl)ccc1OCC(=O)O.[LiH]. The number of hydrogen-bond acceptors (Lipinski definition) is 2. The summed E-state index contributed by atoms with van der Waals surface area (Å²) in [6.07, 6.45) is 0. The minimum atomic E-state index is -0.991. The van der Waals surface area contributed by atoms with Crippen LogP contribution in [0.5, 0.6) is 5.75 Å². The van der Waals surface area contributed by atoms with E-state index in [1.807, 2.05) is 6.92 Å². The van der Waals surface area contributed by atoms with Gasteiger partial charge in [0.1, 0.15) is 5.75 Å². The van der Waals surface area contributed by atoms with E-state index in [0.717, 1.165) is 5.56 Å². The molecular weight excluding hydrogens is 198 g/mol. The normalized spacial score (nSPS) is 9.00. The summed E-state index contributed by atoms with van der Waals surface area (Å²) >= 11 is 5.71. The molecular formula is C9H10ClLiO3. The molecule has 0 fully saturated rings. The number of carboxylic acids is 1. The molecule has 14 heavy (non-hydrogen) atoms. The second-order valence-corrected chi connectivity index (χ2v) is 3.03. The fraction of sp³-hybridized carbons (Fsp3) is 0.222. The molecule has 0 amide bonds. The van der Waals surface area contributed by atoms with Crippen LogP contribution in [-0.4, -0.2) is 36.5 Å². The Morgan fingerprint density at radius 2 is 2.21 bits per heavy atom. The topological polar surface area (TPSA) is 46.5 Å². The van der Waals surface area contributed by atoms with Crippen LogP contribution in [0.1, 0.15) is 5.56 Å². The van der Waals surface area contributed by atoms with Crippen LogP contribution < -0.4 is 4.74 Å². The molecule has 0 saturated heterocycles. The zero-order valence-electron chi connectivity index (χ0n) is 7.08. The number of carbonyl (C=O) groups is 1. The molecule has 0 aliphatic heterocycles. The number of hydrogen-bond donors (Lipinski definition) is 1. The zero-order valence-corrected chi connectivity index (χ0v) is 7.84. The van der Waals surface area contributed by atoms with Gasteiger partial charge < -0.3 is 9.84 Å². The summed E-state index contributed by atoms with van der Waals surface area (Å²) in [5, 5.41) is 8.98. The van der Waals surface area contributed by atoms with Gasteiger partial charge in [0.25, 0.3) is 0 Å². The van der Waals surface area contributed by atoms with Crippen LogP contribution in [-0.2, 0) is 4.79 Å². The number of aliphatic carboxylic acids is 1. The molecule has 0 radical (unpaired) electrons. The van der Waals surface area contributed by atoms with Crippen LogP contribution in [0.3, 0.4) is 0 Å². The van der Waals surface area contributed by atoms with E-state index in [1.165, 1.54) is 0 Å². The van der Waals surface area contributed by atoms with Crippen LogP contribution in [0.15, 0.2) is 18.2 Å². The number of aryl methyl sites for hydroxylation is 1. The first-order chi connectivity index (χ1) is 6.09. The van der Waals surface area contributed by atoms with E-state index in [1.54, 1.807) is 18.2 Å². The van der Waals surface area contributed by atoms with Gasteiger partial charge in [-0.05, 0) is 30.7 Å². The molecule has 0 aliphatic rings. The summed E-state index contributed by atoms with van der Waals surface area (Å²) in [6.45, 7) is 1.48. The van der Waals surface area contributed by atoms with Crippen LogP contribution in [0, 0.1) is 6.92 Å². The Kier molecular flexibility index (Phi) is 5.71. The average molecular weight is 209 g/mol. The van der Waals surface area contributed by atoms with Crippen molar-refractivity contribution in [3.05, 3.63) is 28.8 Å². The van der Waals surface area contributed by atoms with E-state index in [2.05, 4.69) is 0 Å². The van der Waals surface area contributed by atoms with Crippen molar-refractivity contribution in [2.24, 2.45) is 0 Å². The Morgan fingerprint density at radius 3 is 2.71 bits per heavy atom. The van der Waals surface area contributed by atoms with E-state index in [9.17, 15) is 4.79 Å². The van der Waals surface area contributed by atoms with Gasteiger partial charge in [-0.1, -0.05) is 11.6 Å². The minimum absolute atomic E-state index is 0. The molecule has 0 unspecified atom stereocenters. The monoisotopic (exact) mass is 208 g/mol. The molecule has 0 heterocycles. The Morgan fingerprint density at radius 1 is 1.57 bits per heavy atom. The van der Waals surface area contributed by atoms with Crippen LogP contribution in [0.2, 0.25) is 5.02 Å². The molecule has 3 nitrogen and oxygen atoms in total. The Bertz CT molecular complexity index is 328. The third-order valence-corrected chi connectivity index (χ3v) is 1.72. The van der Waals surface area contributed by atoms with E-state index >= 15 is 0 Å². The predicted molar refractivity (Wildman–Crippen MR) is 56.5 cm³/mol. The van der Waals surface area contributed by atoms with E-state index in [0.29, 0.717) is 10.8 Å². The van der Waals surface area contributed by atoms with Crippen LogP contribution in [0.25, 0.3) is 0 Å². The van der Waals surface area contributed by atoms with Gasteiger partial charge in [0, 0.05) is 5.02 Å². The van der Waals surface area contributed by atoms with Crippen molar-refractivity contribution >= 4 is 36.4 Å². The molecule has 0 bridgehead atoms. The van der Waals surface area contributed by atoms with Gasteiger partial charge in [-0.25, -0.2) is 4.79 Å². The van der Waals surface area contributed by atoms with Gasteiger partial charge in [-0.2, -0.15) is 0 Å². The van der Waals surface area contributed by atoms with Gasteiger partial charge in [0.2, 0.25) is 0 Å². The summed E-state index contributed by atoms with van der Waals surface area (Å²) in [7, 11) is 0. The van der Waals surface area contributed by atoms with Gasteiger partial charge >= 0.3 is 24.8 Å². The maximum atomic E-state index is 10.2. The number of benzene rings is 1. The number of rotatable bonds is 3. The van der Waals surface area contributed by atoms with Crippen molar-refractivity contribution in [2.45, 2.75) is 6.92 Å². The van der Waals surface area contributed by atoms with Gasteiger partial charge in [0.15, 0.2) is 6.61 Å². The number of carboxylic acid groups (broad SMARTS) is 1. The molecule has 1 rings (SSSR count). The summed E-state index contributed by atoms with van der Waals surface area (Å²) in [6, 6.07) is 5.03. The second-order valence-electron chi connectivity index (χ2n) is 2.59. The molecule has 0 spiro atoms. The first kappa shape index (κ1) is 13.4. The fourth-order valence-electron chi connectivity index (χ4n) is 0.914. The fourth-order valence-corrected chi connectivity index (χ4v) is 1.14. The molecule has 72 valence electrons. The second kappa shape index (κ2) is 5.97. The number of halogens is 1. The summed E-state index contributed by atoms with van der Waals surface area (Å²) in [4.78, 5) is 10.2. The third kappa shape index (κ3) is 4.06. The van der Waals surface area contributed by atoms with Gasteiger partial charge in [-0.15, -0.1) is 0 Å². The quantitative estimate of drug-likeness (QED) is 0.765. The first-order valence-corrected chi connectivity index (χ1v) is 4.08. The third-order valence-electron chi connectivity index (χ3n) is 1.49. The van der Waals surface area contributed by atoms with E-state index in [4.69, 9.17) is 21.4 Å². The molecule has 1 aromatic carbocycles. The Labute approximate surface area is 99.2 Å². The molecule has 5 heteroatoms. The molecule has 0 aromatic heterocycles. The predicted octanol–water partition coefficient (Wildman–Crippen LogP) is 1.46. The standard InChI is InChI=1S/C9H9ClO3.Li.H/c1-6-4-7(10)2-3-8(6)13-5-9(11)12;;/h2-4H,5H2,1H3,(H,11,12);;. The molecule has 0 saturated carbocycles.